The van der Waals surface area contributed by atoms with E-state index in [0.717, 1.165) is 23.5 Å². The number of thioether (sulfide) groups is 1. The maximum absolute atomic E-state index is 12.0. The third-order valence-electron chi connectivity index (χ3n) is 3.08. The molecule has 0 aliphatic heterocycles. The van der Waals surface area contributed by atoms with E-state index in [1.807, 2.05) is 0 Å². The number of rotatable bonds is 3. The smallest absolute Gasteiger partial charge is 0.172 e. The molecule has 0 heterocycles. The van der Waals surface area contributed by atoms with Crippen LogP contribution in [0.4, 0.5) is 0 Å². The number of Topliss-reactive ketones (excluding diaryl/α,β-unsaturated/α-hetero) is 1. The summed E-state index contributed by atoms with van der Waals surface area (Å²) in [6.07, 6.45) is 4.29. The van der Waals surface area contributed by atoms with Gasteiger partial charge < -0.3 is 0 Å². The Hall–Kier alpha value is -0.240. The van der Waals surface area contributed by atoms with E-state index in [9.17, 15) is 4.79 Å². The number of allylic oxidation sites excluding steroid dienone is 2. The van der Waals surface area contributed by atoms with Crippen molar-refractivity contribution < 1.29 is 4.79 Å². The zero-order valence-corrected chi connectivity index (χ0v) is 10.4. The maximum atomic E-state index is 12.0. The Morgan fingerprint density at radius 1 is 1.57 bits per heavy atom. The minimum atomic E-state index is 0.146. The molecule has 80 valence electrons. The van der Waals surface area contributed by atoms with E-state index in [0.29, 0.717) is 5.78 Å². The highest BCUT2D eigenvalue weighted by Crippen LogP contribution is 2.40. The molecule has 0 aromatic rings. The fourth-order valence-electron chi connectivity index (χ4n) is 1.54. The van der Waals surface area contributed by atoms with Gasteiger partial charge in [-0.1, -0.05) is 33.8 Å². The lowest BCUT2D eigenvalue weighted by Gasteiger charge is -2.34. The molecule has 0 radical (unpaired) electrons. The molecule has 2 heteroatoms. The highest BCUT2D eigenvalue weighted by atomic mass is 32.2. The highest BCUT2D eigenvalue weighted by Gasteiger charge is 2.35. The first-order valence-corrected chi connectivity index (χ1v) is 6.34. The fraction of sp³-hybridized carbons (Fsp3) is 0.750. The number of hydrogen-bond donors (Lipinski definition) is 0. The highest BCUT2D eigenvalue weighted by molar-refractivity contribution is 8.04. The van der Waals surface area contributed by atoms with Crippen LogP contribution in [0.15, 0.2) is 11.0 Å². The second kappa shape index (κ2) is 4.52. The number of carbonyl (C=O) groups is 1. The Kier molecular flexibility index (Phi) is 3.82. The lowest BCUT2D eigenvalue weighted by Crippen LogP contribution is -2.32. The number of ketones is 1. The molecule has 0 fully saturated rings. The van der Waals surface area contributed by atoms with Crippen molar-refractivity contribution in [1.29, 1.82) is 0 Å². The second-order valence-electron chi connectivity index (χ2n) is 4.70. The summed E-state index contributed by atoms with van der Waals surface area (Å²) in [5.41, 5.74) is 0.146. The van der Waals surface area contributed by atoms with E-state index in [1.165, 1.54) is 0 Å². The van der Waals surface area contributed by atoms with E-state index >= 15 is 0 Å². The monoisotopic (exact) mass is 212 g/mol. The molecule has 0 N–H and O–H groups in total. The summed E-state index contributed by atoms with van der Waals surface area (Å²) in [5, 5.41) is 0. The molecule has 1 aliphatic carbocycles. The quantitative estimate of drug-likeness (QED) is 0.710. The van der Waals surface area contributed by atoms with Crippen LogP contribution < -0.4 is 0 Å². The molecule has 0 aromatic carbocycles. The van der Waals surface area contributed by atoms with Crippen LogP contribution in [0.2, 0.25) is 0 Å². The van der Waals surface area contributed by atoms with Gasteiger partial charge in [-0.25, -0.2) is 0 Å². The van der Waals surface area contributed by atoms with Crippen LogP contribution in [-0.4, -0.2) is 11.5 Å². The summed E-state index contributed by atoms with van der Waals surface area (Å²) in [5.74, 6) is 1.58. The number of hydrogen-bond acceptors (Lipinski definition) is 2. The molecule has 0 amide bonds. The van der Waals surface area contributed by atoms with Crippen molar-refractivity contribution in [3.63, 3.8) is 0 Å². The van der Waals surface area contributed by atoms with Crippen LogP contribution in [-0.2, 0) is 4.79 Å². The van der Waals surface area contributed by atoms with E-state index in [1.54, 1.807) is 11.8 Å². The zero-order valence-electron chi connectivity index (χ0n) is 9.59. The average molecular weight is 212 g/mol. The first-order chi connectivity index (χ1) is 6.49. The van der Waals surface area contributed by atoms with Gasteiger partial charge in [-0.15, -0.1) is 11.8 Å². The maximum Gasteiger partial charge on any atom is 0.172 e. The van der Waals surface area contributed by atoms with E-state index in [-0.39, 0.29) is 11.3 Å². The first kappa shape index (κ1) is 11.8. The fourth-order valence-corrected chi connectivity index (χ4v) is 2.49. The van der Waals surface area contributed by atoms with Gasteiger partial charge in [-0.3, -0.25) is 4.79 Å². The second-order valence-corrected chi connectivity index (χ2v) is 5.83. The van der Waals surface area contributed by atoms with E-state index < -0.39 is 0 Å². The Labute approximate surface area is 91.3 Å². The summed E-state index contributed by atoms with van der Waals surface area (Å²) in [7, 11) is 0. The zero-order chi connectivity index (χ0) is 10.8. The molecule has 1 unspecified atom stereocenters. The molecule has 1 rings (SSSR count). The van der Waals surface area contributed by atoms with Gasteiger partial charge in [-0.2, -0.15) is 0 Å². The van der Waals surface area contributed by atoms with Gasteiger partial charge in [0.25, 0.3) is 0 Å². The Bertz CT molecular complexity index is 253. The van der Waals surface area contributed by atoms with Gasteiger partial charge in [0.15, 0.2) is 5.78 Å². The molecule has 0 spiro atoms. The topological polar surface area (TPSA) is 17.1 Å². The lowest BCUT2D eigenvalue weighted by atomic mass is 9.72. The molecule has 1 atom stereocenters. The van der Waals surface area contributed by atoms with Crippen LogP contribution in [0.1, 0.15) is 40.5 Å². The average Bonchev–Trinajstić information content (AvgIpc) is 2.14. The Morgan fingerprint density at radius 2 is 2.21 bits per heavy atom. The minimum Gasteiger partial charge on any atom is -0.293 e. The molecule has 1 nitrogen and oxygen atoms in total. The Balaban J connectivity index is 2.72. The summed E-state index contributed by atoms with van der Waals surface area (Å²) in [4.78, 5) is 13.0. The van der Waals surface area contributed by atoms with Gasteiger partial charge in [0.2, 0.25) is 0 Å². The van der Waals surface area contributed by atoms with Crippen LogP contribution in [0.25, 0.3) is 0 Å². The van der Waals surface area contributed by atoms with Gasteiger partial charge in [-0.05, 0) is 24.0 Å². The van der Waals surface area contributed by atoms with Crippen molar-refractivity contribution >= 4 is 17.5 Å². The van der Waals surface area contributed by atoms with Crippen molar-refractivity contribution in [2.45, 2.75) is 40.5 Å². The van der Waals surface area contributed by atoms with Crippen molar-refractivity contribution in [3.05, 3.63) is 11.0 Å². The van der Waals surface area contributed by atoms with Crippen molar-refractivity contribution in [1.82, 2.24) is 0 Å². The third-order valence-corrected chi connectivity index (χ3v) is 4.37. The van der Waals surface area contributed by atoms with E-state index in [4.69, 9.17) is 0 Å². The van der Waals surface area contributed by atoms with Crippen LogP contribution in [0.3, 0.4) is 0 Å². The summed E-state index contributed by atoms with van der Waals surface area (Å²) in [6, 6.07) is 0. The van der Waals surface area contributed by atoms with Crippen molar-refractivity contribution in [2.75, 3.05) is 5.75 Å². The standard InChI is InChI=1S/C12H20OS/c1-5-8-14-10-6-7-12(3,4)9(2)11(10)13/h6,9H,5,7-8H2,1-4H3. The molecule has 0 aromatic heterocycles. The predicted molar refractivity (Wildman–Crippen MR) is 63.4 cm³/mol. The summed E-state index contributed by atoms with van der Waals surface area (Å²) in [6.45, 7) is 8.55. The van der Waals surface area contributed by atoms with Crippen molar-refractivity contribution in [2.24, 2.45) is 11.3 Å². The first-order valence-electron chi connectivity index (χ1n) is 5.36. The lowest BCUT2D eigenvalue weighted by molar-refractivity contribution is -0.121. The van der Waals surface area contributed by atoms with Gasteiger partial charge in [0.05, 0.1) is 0 Å². The molecule has 14 heavy (non-hydrogen) atoms. The summed E-state index contributed by atoms with van der Waals surface area (Å²) >= 11 is 1.72. The molecule has 0 saturated heterocycles. The van der Waals surface area contributed by atoms with Crippen LogP contribution in [0, 0.1) is 11.3 Å². The largest absolute Gasteiger partial charge is 0.293 e. The molecule has 0 bridgehead atoms. The molecular weight excluding hydrogens is 192 g/mol. The van der Waals surface area contributed by atoms with E-state index in [2.05, 4.69) is 33.8 Å². The number of carbonyl (C=O) groups excluding carboxylic acids is 1. The Morgan fingerprint density at radius 3 is 2.79 bits per heavy atom. The van der Waals surface area contributed by atoms with Gasteiger partial charge in [0.1, 0.15) is 0 Å². The third kappa shape index (κ3) is 2.41. The molecule has 1 aliphatic rings. The normalized spacial score (nSPS) is 26.1. The van der Waals surface area contributed by atoms with Crippen LogP contribution >= 0.6 is 11.8 Å². The van der Waals surface area contributed by atoms with Gasteiger partial charge >= 0.3 is 0 Å². The molecular formula is C12H20OS. The minimum absolute atomic E-state index is 0.146. The molecule has 0 saturated carbocycles. The van der Waals surface area contributed by atoms with Gasteiger partial charge in [0, 0.05) is 10.8 Å². The van der Waals surface area contributed by atoms with Crippen molar-refractivity contribution in [3.8, 4) is 0 Å². The summed E-state index contributed by atoms with van der Waals surface area (Å²) < 4.78 is 0. The predicted octanol–water partition coefficient (Wildman–Crippen LogP) is 3.65. The SMILES string of the molecule is CCCSC1=CCC(C)(C)C(C)C1=O. The van der Waals surface area contributed by atoms with Crippen LogP contribution in [0.5, 0.6) is 0 Å².